The quantitative estimate of drug-likeness (QED) is 0.578. The molecule has 0 aliphatic heterocycles. The Morgan fingerprint density at radius 3 is 2.50 bits per heavy atom. The van der Waals surface area contributed by atoms with Crippen molar-refractivity contribution in [3.8, 4) is 0 Å². The Morgan fingerprint density at radius 1 is 1.50 bits per heavy atom. The van der Waals surface area contributed by atoms with Crippen molar-refractivity contribution < 1.29 is 10.2 Å². The Morgan fingerprint density at radius 2 is 2.12 bits per heavy atom. The van der Waals surface area contributed by atoms with Gasteiger partial charge in [0.25, 0.3) is 0 Å². The zero-order chi connectivity index (χ0) is 6.41. The van der Waals surface area contributed by atoms with E-state index in [-0.39, 0.29) is 12.7 Å². The van der Waals surface area contributed by atoms with Crippen LogP contribution in [0.1, 0.15) is 26.2 Å². The lowest BCUT2D eigenvalue weighted by atomic mass is 10.2. The van der Waals surface area contributed by atoms with Crippen LogP contribution in [0.25, 0.3) is 0 Å². The maximum absolute atomic E-state index is 8.66. The van der Waals surface area contributed by atoms with Gasteiger partial charge >= 0.3 is 0 Å². The number of hydrogen-bond donors (Lipinski definition) is 2. The van der Waals surface area contributed by atoms with Gasteiger partial charge < -0.3 is 10.2 Å². The fourth-order valence-electron chi connectivity index (χ4n) is 0.460. The lowest BCUT2D eigenvalue weighted by Crippen LogP contribution is -2.00. The van der Waals surface area contributed by atoms with Gasteiger partial charge in [-0.15, -0.1) is 0 Å². The molecule has 49 valence electrons. The normalized spacial score (nSPS) is 10.5. The van der Waals surface area contributed by atoms with Gasteiger partial charge in [0, 0.05) is 0 Å². The fraction of sp³-hybridized carbons (Fsp3) is 0.833. The summed E-state index contributed by atoms with van der Waals surface area (Å²) in [6.45, 7) is 1.87. The van der Waals surface area contributed by atoms with E-state index in [1.807, 2.05) is 6.92 Å². The summed E-state index contributed by atoms with van der Waals surface area (Å²) in [4.78, 5) is 0. The monoisotopic (exact) mass is 117 g/mol. The van der Waals surface area contributed by atoms with Gasteiger partial charge in [0.1, 0.15) is 6.10 Å². The molecule has 0 aromatic rings. The third-order valence-electron chi connectivity index (χ3n) is 1.00. The van der Waals surface area contributed by atoms with Crippen molar-refractivity contribution >= 4 is 0 Å². The van der Waals surface area contributed by atoms with Crippen LogP contribution in [-0.4, -0.2) is 16.8 Å². The van der Waals surface area contributed by atoms with E-state index in [4.69, 9.17) is 10.2 Å². The number of hydrogen-bond acceptors (Lipinski definition) is 2. The number of rotatable bonds is 4. The first-order valence-electron chi connectivity index (χ1n) is 2.95. The van der Waals surface area contributed by atoms with Crippen LogP contribution in [0.5, 0.6) is 0 Å². The van der Waals surface area contributed by atoms with Gasteiger partial charge in [-0.2, -0.15) is 0 Å². The first kappa shape index (κ1) is 7.92. The molecule has 8 heavy (non-hydrogen) atoms. The predicted molar refractivity (Wildman–Crippen MR) is 31.8 cm³/mol. The van der Waals surface area contributed by atoms with Crippen LogP contribution >= 0.6 is 0 Å². The van der Waals surface area contributed by atoms with Crippen LogP contribution in [0.3, 0.4) is 0 Å². The maximum Gasteiger partial charge on any atom is 0.118 e. The predicted octanol–water partition coefficient (Wildman–Crippen LogP) is 1.07. The highest BCUT2D eigenvalue weighted by atomic mass is 16.3. The van der Waals surface area contributed by atoms with Gasteiger partial charge in [0.15, 0.2) is 0 Å². The molecule has 0 fully saturated rings. The molecule has 0 aromatic carbocycles. The average molecular weight is 117 g/mol. The number of aliphatic hydroxyl groups is 2. The third kappa shape index (κ3) is 4.09. The minimum Gasteiger partial charge on any atom is -0.393 e. The smallest absolute Gasteiger partial charge is 0.118 e. The van der Waals surface area contributed by atoms with Crippen LogP contribution in [0.2, 0.25) is 0 Å². The van der Waals surface area contributed by atoms with E-state index < -0.39 is 0 Å². The summed E-state index contributed by atoms with van der Waals surface area (Å²) >= 11 is 0. The third-order valence-corrected chi connectivity index (χ3v) is 1.00. The van der Waals surface area contributed by atoms with Gasteiger partial charge in [0.05, 0.1) is 6.61 Å². The van der Waals surface area contributed by atoms with Crippen molar-refractivity contribution in [1.29, 1.82) is 0 Å². The first-order chi connectivity index (χ1) is 3.81. The minimum absolute atomic E-state index is 0.181. The summed E-state index contributed by atoms with van der Waals surface area (Å²) in [6.07, 6.45) is 2.87. The average Bonchev–Trinajstić information content (AvgIpc) is 1.83. The second-order valence-electron chi connectivity index (χ2n) is 1.83. The molecule has 0 rings (SSSR count). The number of unbranched alkanes of at least 4 members (excludes halogenated alkanes) is 1. The van der Waals surface area contributed by atoms with E-state index in [0.29, 0.717) is 6.42 Å². The highest BCUT2D eigenvalue weighted by Gasteiger charge is 1.99. The van der Waals surface area contributed by atoms with E-state index in [1.54, 1.807) is 0 Å². The van der Waals surface area contributed by atoms with Crippen molar-refractivity contribution in [2.45, 2.75) is 26.2 Å². The van der Waals surface area contributed by atoms with E-state index in [9.17, 15) is 0 Å². The van der Waals surface area contributed by atoms with Gasteiger partial charge in [0.2, 0.25) is 0 Å². The molecule has 2 nitrogen and oxygen atoms in total. The molecule has 0 aliphatic rings. The molecule has 0 spiro atoms. The lowest BCUT2D eigenvalue weighted by Gasteiger charge is -2.01. The Balaban J connectivity index is 2.86. The summed E-state index contributed by atoms with van der Waals surface area (Å²) in [6, 6.07) is 0. The Bertz CT molecular complexity index is 45.8. The Kier molecular flexibility index (Phi) is 5.01. The molecule has 0 aliphatic carbocycles. The minimum atomic E-state index is -0.181. The molecule has 2 N–H and O–H groups in total. The molecular weight excluding hydrogens is 104 g/mol. The Hall–Kier alpha value is -0.0800. The van der Waals surface area contributed by atoms with E-state index in [2.05, 4.69) is 0 Å². The fourth-order valence-corrected chi connectivity index (χ4v) is 0.460. The number of aliphatic hydroxyl groups excluding tert-OH is 2. The van der Waals surface area contributed by atoms with Crippen LogP contribution in [0.4, 0.5) is 0 Å². The molecular formula is C6H13O2. The summed E-state index contributed by atoms with van der Waals surface area (Å²) < 4.78 is 0. The second kappa shape index (κ2) is 5.06. The first-order valence-corrected chi connectivity index (χ1v) is 2.95. The van der Waals surface area contributed by atoms with E-state index in [0.717, 1.165) is 12.8 Å². The zero-order valence-corrected chi connectivity index (χ0v) is 5.22. The van der Waals surface area contributed by atoms with Gasteiger partial charge in [-0.3, -0.25) is 0 Å². The zero-order valence-electron chi connectivity index (χ0n) is 5.22. The highest BCUT2D eigenvalue weighted by molar-refractivity contribution is 4.72. The summed E-state index contributed by atoms with van der Waals surface area (Å²) in [5.41, 5.74) is 0. The molecule has 0 aromatic heterocycles. The van der Waals surface area contributed by atoms with E-state index >= 15 is 0 Å². The molecule has 0 amide bonds. The van der Waals surface area contributed by atoms with Gasteiger partial charge in [-0.1, -0.05) is 19.8 Å². The molecule has 0 saturated carbocycles. The molecule has 0 heterocycles. The van der Waals surface area contributed by atoms with Crippen LogP contribution in [-0.2, 0) is 0 Å². The van der Waals surface area contributed by atoms with Crippen molar-refractivity contribution in [1.82, 2.24) is 0 Å². The van der Waals surface area contributed by atoms with E-state index in [1.165, 1.54) is 0 Å². The highest BCUT2D eigenvalue weighted by Crippen LogP contribution is 2.04. The maximum atomic E-state index is 8.66. The molecule has 0 bridgehead atoms. The summed E-state index contributed by atoms with van der Waals surface area (Å²) in [5.74, 6) is 0. The van der Waals surface area contributed by atoms with Crippen molar-refractivity contribution in [2.24, 2.45) is 0 Å². The van der Waals surface area contributed by atoms with Crippen molar-refractivity contribution in [2.75, 3.05) is 6.61 Å². The van der Waals surface area contributed by atoms with Crippen molar-refractivity contribution in [3.05, 3.63) is 6.10 Å². The van der Waals surface area contributed by atoms with Gasteiger partial charge in [-0.25, -0.2) is 0 Å². The molecule has 0 unspecified atom stereocenters. The summed E-state index contributed by atoms with van der Waals surface area (Å²) in [5, 5.41) is 16.9. The van der Waals surface area contributed by atoms with Crippen LogP contribution in [0.15, 0.2) is 0 Å². The topological polar surface area (TPSA) is 40.5 Å². The lowest BCUT2D eigenvalue weighted by molar-refractivity contribution is 0.175. The van der Waals surface area contributed by atoms with Crippen LogP contribution < -0.4 is 0 Å². The Labute approximate surface area is 50.2 Å². The SMILES string of the molecule is CCCC[C](O)CO. The largest absolute Gasteiger partial charge is 0.393 e. The molecule has 0 atom stereocenters. The molecule has 0 saturated heterocycles. The van der Waals surface area contributed by atoms with Crippen molar-refractivity contribution in [3.63, 3.8) is 0 Å². The van der Waals surface area contributed by atoms with Crippen LogP contribution in [0, 0.1) is 6.10 Å². The second-order valence-corrected chi connectivity index (χ2v) is 1.83. The molecule has 1 radical (unpaired) electrons. The van der Waals surface area contributed by atoms with Gasteiger partial charge in [-0.05, 0) is 6.42 Å². The molecule has 2 heteroatoms. The standard InChI is InChI=1S/C6H13O2/c1-2-3-4-6(8)5-7/h7-8H,2-5H2,1H3. The summed E-state index contributed by atoms with van der Waals surface area (Å²) in [7, 11) is 0.